The second-order valence-corrected chi connectivity index (χ2v) is 2.14. The maximum atomic E-state index is 10.7. The molecule has 0 aromatic heterocycles. The van der Waals surface area contributed by atoms with Crippen LogP contribution < -0.4 is 0 Å². The summed E-state index contributed by atoms with van der Waals surface area (Å²) >= 11 is 0. The van der Waals surface area contributed by atoms with E-state index in [0.717, 1.165) is 0 Å². The summed E-state index contributed by atoms with van der Waals surface area (Å²) in [5.74, 6) is 0.225. The van der Waals surface area contributed by atoms with Crippen molar-refractivity contribution in [1.82, 2.24) is 0 Å². The van der Waals surface area contributed by atoms with Crippen LogP contribution in [0.15, 0.2) is 0 Å². The van der Waals surface area contributed by atoms with E-state index in [1.54, 1.807) is 13.8 Å². The SMILES string of the molecule is [CH2-]C(=O)CC(=O)[C-](C)C.[V+2]. The molecule has 0 spiro atoms. The van der Waals surface area contributed by atoms with Gasteiger partial charge in [0.05, 0.1) is 0 Å². The van der Waals surface area contributed by atoms with Crippen molar-refractivity contribution in [2.24, 2.45) is 0 Å². The van der Waals surface area contributed by atoms with Crippen LogP contribution in [0.25, 0.3) is 0 Å². The number of ketones is 2. The van der Waals surface area contributed by atoms with Gasteiger partial charge in [0.1, 0.15) is 0 Å². The standard InChI is InChI=1S/C7H10O2.V/c1-5(2)7(9)4-6(3)8;/h3-4H2,1-2H3;/q-2;+2. The Morgan fingerprint density at radius 3 is 1.90 bits per heavy atom. The summed E-state index contributed by atoms with van der Waals surface area (Å²) < 4.78 is 0. The zero-order chi connectivity index (χ0) is 7.44. The van der Waals surface area contributed by atoms with Crippen LogP contribution in [0.4, 0.5) is 0 Å². The molecule has 0 bridgehead atoms. The third-order valence-electron chi connectivity index (χ3n) is 0.915. The number of Topliss-reactive ketones (excluding diaryl/α,β-unsaturated/α-hetero) is 2. The smallest absolute Gasteiger partial charge is 0.339 e. The number of carbonyl (C=O) groups excluding carboxylic acids is 2. The van der Waals surface area contributed by atoms with E-state index in [1.165, 1.54) is 0 Å². The van der Waals surface area contributed by atoms with Gasteiger partial charge in [-0.05, 0) is 0 Å². The molecule has 0 heterocycles. The van der Waals surface area contributed by atoms with Crippen LogP contribution in [-0.4, -0.2) is 11.6 Å². The third kappa shape index (κ3) is 5.79. The molecule has 1 radical (unpaired) electrons. The first-order valence-electron chi connectivity index (χ1n) is 2.72. The Bertz CT molecular complexity index is 130. The van der Waals surface area contributed by atoms with Crippen molar-refractivity contribution in [3.63, 3.8) is 0 Å². The average Bonchev–Trinajstić information content (AvgIpc) is 1.63. The minimum absolute atomic E-state index is 0. The van der Waals surface area contributed by atoms with Gasteiger partial charge in [0.25, 0.3) is 0 Å². The van der Waals surface area contributed by atoms with Gasteiger partial charge < -0.3 is 22.4 Å². The molecule has 0 atom stereocenters. The van der Waals surface area contributed by atoms with Crippen LogP contribution in [0.3, 0.4) is 0 Å². The minimum Gasteiger partial charge on any atom is -0.339 e. The molecule has 3 heteroatoms. The quantitative estimate of drug-likeness (QED) is 0.475. The maximum Gasteiger partial charge on any atom is 2.00 e. The molecule has 0 rings (SSSR count). The molecule has 0 aliphatic heterocycles. The van der Waals surface area contributed by atoms with Gasteiger partial charge in [-0.3, -0.25) is 0 Å². The molecule has 0 unspecified atom stereocenters. The third-order valence-corrected chi connectivity index (χ3v) is 0.915. The van der Waals surface area contributed by atoms with E-state index in [9.17, 15) is 9.59 Å². The molecule has 0 N–H and O–H groups in total. The van der Waals surface area contributed by atoms with Crippen molar-refractivity contribution >= 4 is 11.6 Å². The molecule has 55 valence electrons. The predicted octanol–water partition coefficient (Wildman–Crippen LogP) is 0.961. The average molecular weight is 177 g/mol. The Morgan fingerprint density at radius 1 is 1.40 bits per heavy atom. The van der Waals surface area contributed by atoms with Gasteiger partial charge in [-0.1, -0.05) is 0 Å². The van der Waals surface area contributed by atoms with Gasteiger partial charge >= 0.3 is 18.6 Å². The van der Waals surface area contributed by atoms with Crippen LogP contribution >= 0.6 is 0 Å². The van der Waals surface area contributed by atoms with Gasteiger partial charge in [-0.25, -0.2) is 0 Å². The predicted molar refractivity (Wildman–Crippen MR) is 34.6 cm³/mol. The zero-order valence-corrected chi connectivity index (χ0v) is 7.57. The second kappa shape index (κ2) is 5.45. The van der Waals surface area contributed by atoms with E-state index in [0.29, 0.717) is 5.92 Å². The molecule has 0 aromatic rings. The Kier molecular flexibility index (Phi) is 6.73. The molecular formula is C7H10O2V. The summed E-state index contributed by atoms with van der Waals surface area (Å²) in [6, 6.07) is 0. The van der Waals surface area contributed by atoms with Crippen LogP contribution in [0.5, 0.6) is 0 Å². The number of hydrogen-bond acceptors (Lipinski definition) is 2. The number of rotatable bonds is 3. The summed E-state index contributed by atoms with van der Waals surface area (Å²) in [6.07, 6.45) is -0.0532. The van der Waals surface area contributed by atoms with Gasteiger partial charge in [-0.15, -0.1) is 0 Å². The van der Waals surface area contributed by atoms with E-state index < -0.39 is 0 Å². The van der Waals surface area contributed by atoms with Crippen molar-refractivity contribution in [3.05, 3.63) is 12.8 Å². The van der Waals surface area contributed by atoms with E-state index in [1.807, 2.05) is 0 Å². The Morgan fingerprint density at radius 2 is 1.80 bits per heavy atom. The fourth-order valence-electron chi connectivity index (χ4n) is 0.356. The summed E-state index contributed by atoms with van der Waals surface area (Å²) in [5.41, 5.74) is 0. The molecule has 0 aromatic carbocycles. The van der Waals surface area contributed by atoms with E-state index in [-0.39, 0.29) is 36.5 Å². The number of hydrogen-bond donors (Lipinski definition) is 0. The first-order chi connectivity index (χ1) is 4.04. The van der Waals surface area contributed by atoms with E-state index in [2.05, 4.69) is 6.92 Å². The fourth-order valence-corrected chi connectivity index (χ4v) is 0.356. The first kappa shape index (κ1) is 12.4. The fraction of sp³-hybridized carbons (Fsp3) is 0.429. The molecule has 0 aliphatic rings. The molecule has 0 aliphatic carbocycles. The molecule has 0 amide bonds. The molecule has 10 heavy (non-hydrogen) atoms. The van der Waals surface area contributed by atoms with Crippen LogP contribution in [-0.2, 0) is 28.1 Å². The van der Waals surface area contributed by atoms with Gasteiger partial charge in [0, 0.05) is 18.0 Å². The zero-order valence-electron chi connectivity index (χ0n) is 6.18. The van der Waals surface area contributed by atoms with Crippen molar-refractivity contribution in [3.8, 4) is 0 Å². The molecule has 0 saturated carbocycles. The second-order valence-electron chi connectivity index (χ2n) is 2.14. The van der Waals surface area contributed by atoms with Gasteiger partial charge in [0.15, 0.2) is 0 Å². The summed E-state index contributed by atoms with van der Waals surface area (Å²) in [4.78, 5) is 20.9. The topological polar surface area (TPSA) is 34.1 Å². The maximum absolute atomic E-state index is 10.7. The Labute approximate surface area is 73.3 Å². The van der Waals surface area contributed by atoms with Crippen molar-refractivity contribution in [2.45, 2.75) is 20.3 Å². The molecule has 0 saturated heterocycles. The van der Waals surface area contributed by atoms with E-state index >= 15 is 0 Å². The molecule has 2 nitrogen and oxygen atoms in total. The minimum atomic E-state index is -0.318. The largest absolute Gasteiger partial charge is 2.00 e. The monoisotopic (exact) mass is 177 g/mol. The normalized spacial score (nSPS) is 7.80. The molecular weight excluding hydrogens is 167 g/mol. The number of carbonyl (C=O) groups is 2. The summed E-state index contributed by atoms with van der Waals surface area (Å²) in [7, 11) is 0. The van der Waals surface area contributed by atoms with Crippen molar-refractivity contribution in [2.75, 3.05) is 0 Å². The summed E-state index contributed by atoms with van der Waals surface area (Å²) in [5, 5.41) is 0. The summed E-state index contributed by atoms with van der Waals surface area (Å²) in [6.45, 7) is 6.46. The Balaban J connectivity index is 0. The molecule has 0 fully saturated rings. The van der Waals surface area contributed by atoms with Crippen molar-refractivity contribution in [1.29, 1.82) is 0 Å². The van der Waals surface area contributed by atoms with Gasteiger partial charge in [-0.2, -0.15) is 13.8 Å². The van der Waals surface area contributed by atoms with Crippen LogP contribution in [0.2, 0.25) is 0 Å². The van der Waals surface area contributed by atoms with Crippen LogP contribution in [0.1, 0.15) is 20.3 Å². The Hall–Kier alpha value is -0.336. The van der Waals surface area contributed by atoms with Gasteiger partial charge in [0.2, 0.25) is 0 Å². The van der Waals surface area contributed by atoms with Crippen molar-refractivity contribution < 1.29 is 28.1 Å². The first-order valence-corrected chi connectivity index (χ1v) is 2.72. The van der Waals surface area contributed by atoms with Crippen LogP contribution in [0, 0.1) is 12.8 Å². The van der Waals surface area contributed by atoms with E-state index in [4.69, 9.17) is 0 Å².